The molecule has 1 aliphatic rings. The van der Waals surface area contributed by atoms with Gasteiger partial charge in [0, 0.05) is 10.7 Å². The number of Topliss-reactive ketones (excluding diaryl/α,β-unsaturated/α-hetero) is 1. The van der Waals surface area contributed by atoms with Crippen LogP contribution in [0.1, 0.15) is 28.7 Å². The van der Waals surface area contributed by atoms with E-state index in [-0.39, 0.29) is 16.9 Å². The molecule has 2 heterocycles. The molecule has 1 amide bonds. The number of benzene rings is 2. The van der Waals surface area contributed by atoms with Gasteiger partial charge in [0.2, 0.25) is 0 Å². The number of hydrogen-bond acceptors (Lipinski definition) is 5. The molecule has 1 aromatic heterocycles. The molecule has 0 radical (unpaired) electrons. The van der Waals surface area contributed by atoms with Crippen molar-refractivity contribution in [3.05, 3.63) is 87.8 Å². The lowest BCUT2D eigenvalue weighted by molar-refractivity contribution is -0.132. The van der Waals surface area contributed by atoms with E-state index in [0.717, 1.165) is 5.56 Å². The van der Waals surface area contributed by atoms with Crippen LogP contribution in [-0.4, -0.2) is 23.9 Å². The summed E-state index contributed by atoms with van der Waals surface area (Å²) < 4.78 is 11.1. The van der Waals surface area contributed by atoms with E-state index in [1.807, 2.05) is 13.0 Å². The molecule has 1 N–H and O–H groups in total. The number of aryl methyl sites for hydroxylation is 2. The van der Waals surface area contributed by atoms with Crippen molar-refractivity contribution in [1.82, 2.24) is 0 Å². The number of methoxy groups -OCH3 is 1. The van der Waals surface area contributed by atoms with E-state index < -0.39 is 17.7 Å². The van der Waals surface area contributed by atoms with Crippen LogP contribution < -0.4 is 9.64 Å². The van der Waals surface area contributed by atoms with Gasteiger partial charge in [-0.3, -0.25) is 14.5 Å². The predicted octanol–water partition coefficient (Wildman–Crippen LogP) is 5.18. The average Bonchev–Trinajstić information content (AvgIpc) is 3.28. The highest BCUT2D eigenvalue weighted by Crippen LogP contribution is 2.44. The van der Waals surface area contributed by atoms with Gasteiger partial charge in [-0.25, -0.2) is 0 Å². The summed E-state index contributed by atoms with van der Waals surface area (Å²) in [5.41, 5.74) is 1.57. The topological polar surface area (TPSA) is 80.0 Å². The minimum absolute atomic E-state index is 0.0959. The van der Waals surface area contributed by atoms with Crippen molar-refractivity contribution >= 4 is 34.7 Å². The van der Waals surface area contributed by atoms with E-state index in [1.165, 1.54) is 18.1 Å². The Balaban J connectivity index is 1.98. The number of ether oxygens (including phenoxy) is 1. The third-order valence-electron chi connectivity index (χ3n) is 5.17. The van der Waals surface area contributed by atoms with Gasteiger partial charge in [0.25, 0.3) is 11.7 Å². The maximum atomic E-state index is 13.1. The van der Waals surface area contributed by atoms with Crippen LogP contribution in [0, 0.1) is 13.8 Å². The van der Waals surface area contributed by atoms with E-state index in [2.05, 4.69) is 0 Å². The first-order valence-electron chi connectivity index (χ1n) is 9.59. The van der Waals surface area contributed by atoms with Gasteiger partial charge in [-0.15, -0.1) is 0 Å². The highest BCUT2D eigenvalue weighted by Gasteiger charge is 2.48. The first kappa shape index (κ1) is 20.8. The Labute approximate surface area is 184 Å². The van der Waals surface area contributed by atoms with Gasteiger partial charge in [0.05, 0.1) is 18.2 Å². The summed E-state index contributed by atoms with van der Waals surface area (Å²) in [7, 11) is 1.44. The first-order valence-corrected chi connectivity index (χ1v) is 9.97. The molecule has 0 bridgehead atoms. The van der Waals surface area contributed by atoms with Crippen LogP contribution in [0.2, 0.25) is 5.02 Å². The molecular weight excluding hydrogens is 418 g/mol. The summed E-state index contributed by atoms with van der Waals surface area (Å²) in [5.74, 6) is -0.664. The Morgan fingerprint density at radius 2 is 1.87 bits per heavy atom. The fourth-order valence-electron chi connectivity index (χ4n) is 3.76. The fraction of sp³-hybridized carbons (Fsp3) is 0.167. The molecule has 4 rings (SSSR count). The molecule has 1 atom stereocenters. The zero-order valence-electron chi connectivity index (χ0n) is 17.2. The van der Waals surface area contributed by atoms with Crippen LogP contribution in [0.15, 0.2) is 64.6 Å². The van der Waals surface area contributed by atoms with E-state index in [9.17, 15) is 14.7 Å². The lowest BCUT2D eigenvalue weighted by atomic mass is 9.98. The number of hydrogen-bond donors (Lipinski definition) is 1. The smallest absolute Gasteiger partial charge is 0.300 e. The molecular formula is C24H20ClNO5. The molecule has 1 unspecified atom stereocenters. The monoisotopic (exact) mass is 437 g/mol. The Morgan fingerprint density at radius 1 is 1.10 bits per heavy atom. The third kappa shape index (κ3) is 3.59. The highest BCUT2D eigenvalue weighted by atomic mass is 35.5. The fourth-order valence-corrected chi connectivity index (χ4v) is 3.93. The number of halogens is 1. The second-order valence-electron chi connectivity index (χ2n) is 7.30. The number of ketones is 1. The molecule has 158 valence electrons. The van der Waals surface area contributed by atoms with Crippen LogP contribution in [0.3, 0.4) is 0 Å². The molecule has 6 nitrogen and oxygen atoms in total. The molecule has 7 heteroatoms. The summed E-state index contributed by atoms with van der Waals surface area (Å²) in [6.45, 7) is 3.66. The molecule has 3 aromatic rings. The number of aliphatic hydroxyl groups excluding tert-OH is 1. The van der Waals surface area contributed by atoms with Crippen LogP contribution in [0.4, 0.5) is 5.69 Å². The number of nitrogens with zero attached hydrogens (tertiary/aromatic N) is 1. The second kappa shape index (κ2) is 7.96. The van der Waals surface area contributed by atoms with Gasteiger partial charge < -0.3 is 14.3 Å². The second-order valence-corrected chi connectivity index (χ2v) is 7.74. The van der Waals surface area contributed by atoms with Gasteiger partial charge >= 0.3 is 0 Å². The summed E-state index contributed by atoms with van der Waals surface area (Å²) in [4.78, 5) is 27.6. The van der Waals surface area contributed by atoms with Crippen LogP contribution >= 0.6 is 11.6 Å². The van der Waals surface area contributed by atoms with Crippen molar-refractivity contribution < 1.29 is 23.8 Å². The summed E-state index contributed by atoms with van der Waals surface area (Å²) >= 11 is 6.12. The van der Waals surface area contributed by atoms with Crippen molar-refractivity contribution in [3.8, 4) is 5.75 Å². The average molecular weight is 438 g/mol. The Kier molecular flexibility index (Phi) is 5.33. The Hall–Kier alpha value is -3.51. The number of rotatable bonds is 4. The van der Waals surface area contributed by atoms with Crippen LogP contribution in [-0.2, 0) is 9.59 Å². The molecule has 1 fully saturated rings. The van der Waals surface area contributed by atoms with Crippen molar-refractivity contribution in [3.63, 3.8) is 0 Å². The summed E-state index contributed by atoms with van der Waals surface area (Å²) in [5, 5.41) is 11.6. The number of furan rings is 1. The largest absolute Gasteiger partial charge is 0.507 e. The third-order valence-corrected chi connectivity index (χ3v) is 5.41. The number of aliphatic hydroxyl groups is 1. The van der Waals surface area contributed by atoms with Crippen molar-refractivity contribution in [2.75, 3.05) is 12.0 Å². The van der Waals surface area contributed by atoms with Gasteiger partial charge in [-0.1, -0.05) is 23.7 Å². The maximum Gasteiger partial charge on any atom is 0.300 e. The molecule has 1 aliphatic heterocycles. The van der Waals surface area contributed by atoms with Crippen molar-refractivity contribution in [2.45, 2.75) is 19.9 Å². The molecule has 0 saturated carbocycles. The van der Waals surface area contributed by atoms with Gasteiger partial charge in [-0.2, -0.15) is 0 Å². The first-order chi connectivity index (χ1) is 14.8. The highest BCUT2D eigenvalue weighted by molar-refractivity contribution is 6.51. The number of amides is 1. The van der Waals surface area contributed by atoms with Crippen LogP contribution in [0.25, 0.3) is 5.76 Å². The van der Waals surface area contributed by atoms with E-state index in [1.54, 1.807) is 49.4 Å². The Bertz CT molecular complexity index is 1230. The lowest BCUT2D eigenvalue weighted by Crippen LogP contribution is -2.29. The normalized spacial score (nSPS) is 17.9. The lowest BCUT2D eigenvalue weighted by Gasteiger charge is -2.24. The molecule has 31 heavy (non-hydrogen) atoms. The van der Waals surface area contributed by atoms with Crippen molar-refractivity contribution in [2.24, 2.45) is 0 Å². The number of carbonyl (C=O) groups excluding carboxylic acids is 2. The molecule has 2 aromatic carbocycles. The predicted molar refractivity (Wildman–Crippen MR) is 117 cm³/mol. The molecule has 0 spiro atoms. The van der Waals surface area contributed by atoms with E-state index in [0.29, 0.717) is 28.0 Å². The number of anilines is 1. The number of carbonyl (C=O) groups is 2. The summed E-state index contributed by atoms with van der Waals surface area (Å²) in [6, 6.07) is 14.4. The van der Waals surface area contributed by atoms with Gasteiger partial charge in [-0.05, 0) is 61.9 Å². The minimum Gasteiger partial charge on any atom is -0.507 e. The Morgan fingerprint density at radius 3 is 2.52 bits per heavy atom. The molecule has 0 aliphatic carbocycles. The van der Waals surface area contributed by atoms with Crippen LogP contribution in [0.5, 0.6) is 5.75 Å². The van der Waals surface area contributed by atoms with E-state index >= 15 is 0 Å². The standard InChI is InChI=1S/C24H20ClNO5/c1-13-5-4-6-16(11-13)26-21(19-9-7-14(2)31-19)20(23(28)24(26)29)22(27)17-12-15(25)8-10-18(17)30-3/h4-12,21,27H,1-3H3/b22-20+. The summed E-state index contributed by atoms with van der Waals surface area (Å²) in [6.07, 6.45) is 0. The zero-order chi connectivity index (χ0) is 22.3. The molecule has 1 saturated heterocycles. The van der Waals surface area contributed by atoms with Gasteiger partial charge in [0.15, 0.2) is 0 Å². The zero-order valence-corrected chi connectivity index (χ0v) is 17.9. The van der Waals surface area contributed by atoms with E-state index in [4.69, 9.17) is 20.8 Å². The maximum absolute atomic E-state index is 13.1. The SMILES string of the molecule is COc1ccc(Cl)cc1/C(O)=C1\C(=O)C(=O)N(c2cccc(C)c2)C1c1ccc(C)o1. The quantitative estimate of drug-likeness (QED) is 0.345. The van der Waals surface area contributed by atoms with Gasteiger partial charge in [0.1, 0.15) is 29.1 Å². The van der Waals surface area contributed by atoms with Crippen molar-refractivity contribution in [1.29, 1.82) is 0 Å². The minimum atomic E-state index is -0.945.